The summed E-state index contributed by atoms with van der Waals surface area (Å²) in [5, 5.41) is 9.34. The van der Waals surface area contributed by atoms with Crippen LogP contribution in [-0.2, 0) is 9.59 Å². The van der Waals surface area contributed by atoms with Gasteiger partial charge in [0, 0.05) is 19.5 Å². The lowest BCUT2D eigenvalue weighted by atomic mass is 9.77. The molecule has 0 aromatic rings. The Morgan fingerprint density at radius 2 is 2.12 bits per heavy atom. The number of amides is 1. The van der Waals surface area contributed by atoms with Crippen molar-refractivity contribution in [2.24, 2.45) is 11.3 Å². The van der Waals surface area contributed by atoms with Crippen molar-refractivity contribution in [2.45, 2.75) is 45.4 Å². The van der Waals surface area contributed by atoms with Crippen LogP contribution in [0, 0.1) is 11.3 Å². The number of hydrogen-bond acceptors (Lipinski definition) is 2. The Morgan fingerprint density at radius 3 is 2.65 bits per heavy atom. The van der Waals surface area contributed by atoms with Gasteiger partial charge in [0.1, 0.15) is 0 Å². The molecule has 2 fully saturated rings. The van der Waals surface area contributed by atoms with Crippen LogP contribution in [-0.4, -0.2) is 35.0 Å². The summed E-state index contributed by atoms with van der Waals surface area (Å²) < 4.78 is 0. The van der Waals surface area contributed by atoms with Gasteiger partial charge in [-0.05, 0) is 38.0 Å². The first kappa shape index (κ1) is 12.4. The van der Waals surface area contributed by atoms with Gasteiger partial charge in [-0.2, -0.15) is 0 Å². The second-order valence-corrected chi connectivity index (χ2v) is 5.51. The molecule has 1 heterocycles. The number of rotatable bonds is 4. The zero-order chi connectivity index (χ0) is 12.5. The topological polar surface area (TPSA) is 57.6 Å². The Hall–Kier alpha value is -1.06. The van der Waals surface area contributed by atoms with Gasteiger partial charge in [0.05, 0.1) is 5.41 Å². The summed E-state index contributed by atoms with van der Waals surface area (Å²) in [6, 6.07) is 0. The summed E-state index contributed by atoms with van der Waals surface area (Å²) in [5.41, 5.74) is -0.697. The molecular formula is C13H21NO3. The molecule has 1 aliphatic heterocycles. The van der Waals surface area contributed by atoms with E-state index in [2.05, 4.69) is 0 Å². The Bertz CT molecular complexity index is 325. The Morgan fingerprint density at radius 1 is 1.41 bits per heavy atom. The predicted molar refractivity (Wildman–Crippen MR) is 63.5 cm³/mol. The number of aliphatic carboxylic acids is 1. The molecule has 1 atom stereocenters. The van der Waals surface area contributed by atoms with Gasteiger partial charge in [0.2, 0.25) is 5.91 Å². The molecular weight excluding hydrogens is 218 g/mol. The van der Waals surface area contributed by atoms with Crippen LogP contribution in [0.1, 0.15) is 45.4 Å². The van der Waals surface area contributed by atoms with Crippen LogP contribution in [0.2, 0.25) is 0 Å². The fourth-order valence-electron chi connectivity index (χ4n) is 2.66. The lowest BCUT2D eigenvalue weighted by Crippen LogP contribution is -2.49. The maximum absolute atomic E-state index is 12.0. The summed E-state index contributed by atoms with van der Waals surface area (Å²) in [4.78, 5) is 25.2. The molecule has 2 rings (SSSR count). The first-order valence-electron chi connectivity index (χ1n) is 6.58. The lowest BCUT2D eigenvalue weighted by molar-refractivity contribution is -0.155. The van der Waals surface area contributed by atoms with Crippen molar-refractivity contribution in [1.29, 1.82) is 0 Å². The first-order valence-corrected chi connectivity index (χ1v) is 6.58. The van der Waals surface area contributed by atoms with Crippen molar-refractivity contribution in [1.82, 2.24) is 4.90 Å². The third-order valence-corrected chi connectivity index (χ3v) is 4.22. The number of hydrogen-bond donors (Lipinski definition) is 1. The highest BCUT2D eigenvalue weighted by molar-refractivity contribution is 5.80. The van der Waals surface area contributed by atoms with Crippen LogP contribution in [0.15, 0.2) is 0 Å². The predicted octanol–water partition coefficient (Wildman–Crippen LogP) is 1.89. The second kappa shape index (κ2) is 4.67. The van der Waals surface area contributed by atoms with Crippen molar-refractivity contribution < 1.29 is 14.7 Å². The summed E-state index contributed by atoms with van der Waals surface area (Å²) in [7, 11) is 0. The Balaban J connectivity index is 1.99. The highest BCUT2D eigenvalue weighted by Crippen LogP contribution is 2.36. The molecule has 17 heavy (non-hydrogen) atoms. The molecule has 0 aromatic heterocycles. The average Bonchev–Trinajstić information content (AvgIpc) is 3.12. The summed E-state index contributed by atoms with van der Waals surface area (Å²) in [6.45, 7) is 3.05. The molecule has 2 aliphatic rings. The van der Waals surface area contributed by atoms with E-state index >= 15 is 0 Å². The number of carbonyl (C=O) groups is 2. The van der Waals surface area contributed by atoms with E-state index in [1.165, 1.54) is 0 Å². The number of carboxylic acid groups (broad SMARTS) is 1. The van der Waals surface area contributed by atoms with Gasteiger partial charge >= 0.3 is 5.97 Å². The van der Waals surface area contributed by atoms with E-state index in [1.807, 2.05) is 6.92 Å². The maximum atomic E-state index is 12.0. The largest absolute Gasteiger partial charge is 0.481 e. The zero-order valence-corrected chi connectivity index (χ0v) is 10.4. The minimum atomic E-state index is -0.746. The SMILES string of the molecule is CCC1(C(=O)O)CCCN(C(=O)CC2CC2)C1. The van der Waals surface area contributed by atoms with Gasteiger partial charge in [-0.15, -0.1) is 0 Å². The molecule has 4 nitrogen and oxygen atoms in total. The van der Waals surface area contributed by atoms with Crippen LogP contribution >= 0.6 is 0 Å². The van der Waals surface area contributed by atoms with E-state index in [1.54, 1.807) is 4.90 Å². The summed E-state index contributed by atoms with van der Waals surface area (Å²) >= 11 is 0. The molecule has 0 spiro atoms. The van der Waals surface area contributed by atoms with E-state index in [9.17, 15) is 14.7 Å². The number of carbonyl (C=O) groups excluding carboxylic acids is 1. The molecule has 0 aromatic carbocycles. The molecule has 1 N–H and O–H groups in total. The van der Waals surface area contributed by atoms with Gasteiger partial charge in [-0.25, -0.2) is 0 Å². The lowest BCUT2D eigenvalue weighted by Gasteiger charge is -2.39. The van der Waals surface area contributed by atoms with Crippen LogP contribution in [0.5, 0.6) is 0 Å². The second-order valence-electron chi connectivity index (χ2n) is 5.51. The summed E-state index contributed by atoms with van der Waals surface area (Å²) in [6.07, 6.45) is 5.08. The zero-order valence-electron chi connectivity index (χ0n) is 10.4. The highest BCUT2D eigenvalue weighted by Gasteiger charge is 2.42. The normalized spacial score (nSPS) is 29.1. The molecule has 1 saturated carbocycles. The summed E-state index contributed by atoms with van der Waals surface area (Å²) in [5.74, 6) is -0.0134. The van der Waals surface area contributed by atoms with Crippen LogP contribution in [0.4, 0.5) is 0 Å². The molecule has 4 heteroatoms. The van der Waals surface area contributed by atoms with Gasteiger partial charge < -0.3 is 10.0 Å². The molecule has 1 amide bonds. The molecule has 96 valence electrons. The van der Waals surface area contributed by atoms with Gasteiger partial charge in [0.15, 0.2) is 0 Å². The van der Waals surface area contributed by atoms with Crippen molar-refractivity contribution >= 4 is 11.9 Å². The molecule has 1 aliphatic carbocycles. The van der Waals surface area contributed by atoms with Crippen molar-refractivity contribution in [3.05, 3.63) is 0 Å². The monoisotopic (exact) mass is 239 g/mol. The van der Waals surface area contributed by atoms with Crippen LogP contribution in [0.3, 0.4) is 0 Å². The minimum Gasteiger partial charge on any atom is -0.481 e. The average molecular weight is 239 g/mol. The number of nitrogens with zero attached hydrogens (tertiary/aromatic N) is 1. The molecule has 0 bridgehead atoms. The number of likely N-dealkylation sites (tertiary alicyclic amines) is 1. The molecule has 1 unspecified atom stereocenters. The fraction of sp³-hybridized carbons (Fsp3) is 0.846. The van der Waals surface area contributed by atoms with Crippen molar-refractivity contribution in [3.63, 3.8) is 0 Å². The fourth-order valence-corrected chi connectivity index (χ4v) is 2.66. The van der Waals surface area contributed by atoms with E-state index in [-0.39, 0.29) is 5.91 Å². The quantitative estimate of drug-likeness (QED) is 0.815. The smallest absolute Gasteiger partial charge is 0.311 e. The van der Waals surface area contributed by atoms with Gasteiger partial charge in [-0.1, -0.05) is 6.92 Å². The number of piperidine rings is 1. The third-order valence-electron chi connectivity index (χ3n) is 4.22. The van der Waals surface area contributed by atoms with E-state index in [0.717, 1.165) is 25.8 Å². The van der Waals surface area contributed by atoms with E-state index < -0.39 is 11.4 Å². The van der Waals surface area contributed by atoms with E-state index in [0.29, 0.717) is 31.7 Å². The highest BCUT2D eigenvalue weighted by atomic mass is 16.4. The van der Waals surface area contributed by atoms with Crippen LogP contribution < -0.4 is 0 Å². The van der Waals surface area contributed by atoms with Gasteiger partial charge in [0.25, 0.3) is 0 Å². The maximum Gasteiger partial charge on any atom is 0.311 e. The third kappa shape index (κ3) is 2.61. The number of carboxylic acids is 1. The molecule has 0 radical (unpaired) electrons. The standard InChI is InChI=1S/C13H21NO3/c1-2-13(12(16)17)6-3-7-14(9-13)11(15)8-10-4-5-10/h10H,2-9H2,1H3,(H,16,17). The minimum absolute atomic E-state index is 0.159. The van der Waals surface area contributed by atoms with Crippen LogP contribution in [0.25, 0.3) is 0 Å². The van der Waals surface area contributed by atoms with E-state index in [4.69, 9.17) is 0 Å². The molecule has 1 saturated heterocycles. The first-order chi connectivity index (χ1) is 8.07. The van der Waals surface area contributed by atoms with Gasteiger partial charge in [-0.3, -0.25) is 9.59 Å². The van der Waals surface area contributed by atoms with Crippen molar-refractivity contribution in [2.75, 3.05) is 13.1 Å². The van der Waals surface area contributed by atoms with Crippen molar-refractivity contribution in [3.8, 4) is 0 Å². The Kier molecular flexibility index (Phi) is 3.40. The Labute approximate surface area is 102 Å².